The number of nitrogens with zero attached hydrogens (tertiary/aromatic N) is 2. The number of amides is 2. The fourth-order valence-electron chi connectivity index (χ4n) is 2.34. The van der Waals surface area contributed by atoms with Crippen molar-refractivity contribution in [3.05, 3.63) is 15.6 Å². The fourth-order valence-corrected chi connectivity index (χ4v) is 3.16. The molecule has 0 bridgehead atoms. The van der Waals surface area contributed by atoms with Gasteiger partial charge in [0.15, 0.2) is 0 Å². The maximum absolute atomic E-state index is 12.4. The van der Waals surface area contributed by atoms with E-state index in [1.165, 1.54) is 16.2 Å². The second-order valence-electron chi connectivity index (χ2n) is 5.73. The Morgan fingerprint density at radius 3 is 2.78 bits per heavy atom. The average Bonchev–Trinajstić information content (AvgIpc) is 2.84. The lowest BCUT2D eigenvalue weighted by atomic mass is 10.1. The Kier molecular flexibility index (Phi) is 6.09. The number of aryl methyl sites for hydroxylation is 2. The van der Waals surface area contributed by atoms with Crippen LogP contribution in [0.1, 0.15) is 26.8 Å². The van der Waals surface area contributed by atoms with E-state index < -0.39 is 0 Å². The molecule has 128 valence electrons. The molecule has 0 aliphatic carbocycles. The summed E-state index contributed by atoms with van der Waals surface area (Å²) in [6.45, 7) is 4.63. The molecule has 2 amide bonds. The van der Waals surface area contributed by atoms with Crippen LogP contribution in [-0.2, 0) is 14.3 Å². The first kappa shape index (κ1) is 17.8. The second kappa shape index (κ2) is 7.85. The summed E-state index contributed by atoms with van der Waals surface area (Å²) in [5.41, 5.74) is 0.724. The molecular weight excluding hydrogens is 318 g/mol. The summed E-state index contributed by atoms with van der Waals surface area (Å²) in [6, 6.07) is -0.270. The van der Waals surface area contributed by atoms with Gasteiger partial charge >= 0.3 is 0 Å². The molecule has 1 aliphatic rings. The van der Waals surface area contributed by atoms with Crippen LogP contribution in [0, 0.1) is 13.8 Å². The van der Waals surface area contributed by atoms with Gasteiger partial charge in [-0.2, -0.15) is 0 Å². The zero-order valence-corrected chi connectivity index (χ0v) is 14.7. The Hall–Kier alpha value is -1.51. The van der Waals surface area contributed by atoms with E-state index in [1.54, 1.807) is 14.1 Å². The van der Waals surface area contributed by atoms with Crippen LogP contribution < -0.4 is 5.32 Å². The van der Waals surface area contributed by atoms with E-state index in [4.69, 9.17) is 9.47 Å². The van der Waals surface area contributed by atoms with E-state index in [9.17, 15) is 9.59 Å². The molecule has 1 saturated heterocycles. The molecule has 1 aromatic rings. The standard InChI is InChI=1S/C15H23N3O4S/c1-9-14(23-10(2)16-9)15(20)17-11-7-21-6-5-12(11)22-8-13(19)18(3)4/h11-12H,5-8H2,1-4H3,(H,17,20)/t11-,12+/m1/s1. The zero-order valence-electron chi connectivity index (χ0n) is 13.9. The van der Waals surface area contributed by atoms with Gasteiger partial charge in [0, 0.05) is 20.7 Å². The SMILES string of the molecule is Cc1nc(C)c(C(=O)N[C@@H]2COCC[C@@H]2OCC(=O)N(C)C)s1. The van der Waals surface area contributed by atoms with Crippen molar-refractivity contribution in [2.45, 2.75) is 32.4 Å². The molecule has 2 rings (SSSR count). The van der Waals surface area contributed by atoms with Gasteiger partial charge in [0.25, 0.3) is 5.91 Å². The van der Waals surface area contributed by atoms with E-state index in [0.29, 0.717) is 24.5 Å². The molecule has 1 fully saturated rings. The fraction of sp³-hybridized carbons (Fsp3) is 0.667. The van der Waals surface area contributed by atoms with Gasteiger partial charge < -0.3 is 19.7 Å². The first-order valence-electron chi connectivity index (χ1n) is 7.53. The van der Waals surface area contributed by atoms with Gasteiger partial charge in [-0.3, -0.25) is 9.59 Å². The lowest BCUT2D eigenvalue weighted by molar-refractivity contribution is -0.138. The van der Waals surface area contributed by atoms with E-state index in [0.717, 1.165) is 10.7 Å². The van der Waals surface area contributed by atoms with Crippen molar-refractivity contribution in [2.24, 2.45) is 0 Å². The molecule has 7 nitrogen and oxygen atoms in total. The van der Waals surface area contributed by atoms with Gasteiger partial charge in [-0.15, -0.1) is 11.3 Å². The lowest BCUT2D eigenvalue weighted by Crippen LogP contribution is -2.51. The highest BCUT2D eigenvalue weighted by atomic mass is 32.1. The van der Waals surface area contributed by atoms with Crippen molar-refractivity contribution in [1.82, 2.24) is 15.2 Å². The number of carbonyl (C=O) groups excluding carboxylic acids is 2. The quantitative estimate of drug-likeness (QED) is 0.855. The van der Waals surface area contributed by atoms with Gasteiger partial charge in [-0.25, -0.2) is 4.98 Å². The molecule has 8 heteroatoms. The lowest BCUT2D eigenvalue weighted by Gasteiger charge is -2.32. The van der Waals surface area contributed by atoms with Gasteiger partial charge in [-0.05, 0) is 20.3 Å². The van der Waals surface area contributed by atoms with Gasteiger partial charge in [0.2, 0.25) is 5.91 Å². The van der Waals surface area contributed by atoms with Crippen LogP contribution in [0.3, 0.4) is 0 Å². The van der Waals surface area contributed by atoms with Crippen LogP contribution in [-0.4, -0.2) is 67.8 Å². The first-order chi connectivity index (χ1) is 10.9. The van der Waals surface area contributed by atoms with E-state index >= 15 is 0 Å². The topological polar surface area (TPSA) is 80.8 Å². The van der Waals surface area contributed by atoms with Crippen LogP contribution in [0.2, 0.25) is 0 Å². The van der Waals surface area contributed by atoms with E-state index in [1.807, 2.05) is 13.8 Å². The Morgan fingerprint density at radius 2 is 2.17 bits per heavy atom. The van der Waals surface area contributed by atoms with E-state index in [2.05, 4.69) is 10.3 Å². The molecule has 0 radical (unpaired) electrons. The van der Waals surface area contributed by atoms with Crippen molar-refractivity contribution in [1.29, 1.82) is 0 Å². The summed E-state index contributed by atoms with van der Waals surface area (Å²) in [6.07, 6.45) is 0.415. The van der Waals surface area contributed by atoms with Crippen LogP contribution in [0.25, 0.3) is 0 Å². The molecule has 2 heterocycles. The normalized spacial score (nSPS) is 21.0. The number of rotatable bonds is 5. The van der Waals surface area contributed by atoms with Crippen LogP contribution in [0.5, 0.6) is 0 Å². The van der Waals surface area contributed by atoms with Crippen molar-refractivity contribution >= 4 is 23.2 Å². The summed E-state index contributed by atoms with van der Waals surface area (Å²) in [7, 11) is 3.37. The predicted octanol–water partition coefficient (Wildman–Crippen LogP) is 0.752. The molecule has 1 N–H and O–H groups in total. The van der Waals surface area contributed by atoms with Gasteiger partial charge in [-0.1, -0.05) is 0 Å². The Labute approximate surface area is 140 Å². The van der Waals surface area contributed by atoms with Crippen LogP contribution >= 0.6 is 11.3 Å². The Morgan fingerprint density at radius 1 is 1.43 bits per heavy atom. The summed E-state index contributed by atoms with van der Waals surface area (Å²) in [5, 5.41) is 3.81. The highest BCUT2D eigenvalue weighted by Crippen LogP contribution is 2.18. The predicted molar refractivity (Wildman–Crippen MR) is 86.7 cm³/mol. The van der Waals surface area contributed by atoms with Gasteiger partial charge in [0.1, 0.15) is 11.5 Å². The third-order valence-electron chi connectivity index (χ3n) is 3.64. The average molecular weight is 341 g/mol. The van der Waals surface area contributed by atoms with Crippen molar-refractivity contribution in [2.75, 3.05) is 33.9 Å². The van der Waals surface area contributed by atoms with E-state index in [-0.39, 0.29) is 30.6 Å². The molecule has 1 aliphatic heterocycles. The molecule has 0 aromatic carbocycles. The minimum Gasteiger partial charge on any atom is -0.379 e. The molecule has 0 unspecified atom stereocenters. The number of thiazole rings is 1. The minimum atomic E-state index is -0.270. The third-order valence-corrected chi connectivity index (χ3v) is 4.71. The summed E-state index contributed by atoms with van der Waals surface area (Å²) >= 11 is 1.37. The first-order valence-corrected chi connectivity index (χ1v) is 8.34. The number of hydrogen-bond acceptors (Lipinski definition) is 6. The second-order valence-corrected chi connectivity index (χ2v) is 6.93. The number of aromatic nitrogens is 1. The zero-order chi connectivity index (χ0) is 17.0. The molecule has 1 aromatic heterocycles. The van der Waals surface area contributed by atoms with Crippen molar-refractivity contribution in [3.63, 3.8) is 0 Å². The van der Waals surface area contributed by atoms with Gasteiger partial charge in [0.05, 0.1) is 29.5 Å². The Bertz CT molecular complexity index is 573. The molecular formula is C15H23N3O4S. The number of ether oxygens (including phenoxy) is 2. The summed E-state index contributed by atoms with van der Waals surface area (Å²) in [4.78, 5) is 30.4. The number of likely N-dealkylation sites (N-methyl/N-ethyl adjacent to an activating group) is 1. The third kappa shape index (κ3) is 4.73. The minimum absolute atomic E-state index is 0.00271. The molecule has 2 atom stereocenters. The Balaban J connectivity index is 1.96. The van der Waals surface area contributed by atoms with Crippen LogP contribution in [0.4, 0.5) is 0 Å². The smallest absolute Gasteiger partial charge is 0.263 e. The largest absolute Gasteiger partial charge is 0.379 e. The number of hydrogen-bond donors (Lipinski definition) is 1. The van der Waals surface area contributed by atoms with Crippen molar-refractivity contribution in [3.8, 4) is 0 Å². The maximum Gasteiger partial charge on any atom is 0.263 e. The molecule has 23 heavy (non-hydrogen) atoms. The molecule has 0 spiro atoms. The molecule has 0 saturated carbocycles. The monoisotopic (exact) mass is 341 g/mol. The van der Waals surface area contributed by atoms with Crippen molar-refractivity contribution < 1.29 is 19.1 Å². The number of carbonyl (C=O) groups is 2. The maximum atomic E-state index is 12.4. The van der Waals surface area contributed by atoms with Crippen LogP contribution in [0.15, 0.2) is 0 Å². The summed E-state index contributed by atoms with van der Waals surface area (Å²) < 4.78 is 11.1. The summed E-state index contributed by atoms with van der Waals surface area (Å²) in [5.74, 6) is -0.272. The highest BCUT2D eigenvalue weighted by Gasteiger charge is 2.30. The highest BCUT2D eigenvalue weighted by molar-refractivity contribution is 7.13. The number of nitrogens with one attached hydrogen (secondary N) is 1.